The molecule has 6 nitrogen and oxygen atoms in total. The quantitative estimate of drug-likeness (QED) is 0.621. The van der Waals surface area contributed by atoms with Gasteiger partial charge < -0.3 is 9.64 Å². The lowest BCUT2D eigenvalue weighted by Crippen LogP contribution is -3.14. The molecule has 0 bridgehead atoms. The zero-order valence-electron chi connectivity index (χ0n) is 17.5. The first-order chi connectivity index (χ1) is 15.1. The Morgan fingerprint density at radius 3 is 2.55 bits per heavy atom. The standard InChI is InChI=1S/C23H26FN3O3S/c24-16-6-8-17(9-7-16)27-21(28)20-18-4-2-1-3-5-19(18)31-22(20)26(23(27)29)11-10-25-12-14-30-15-13-25/h6-9H,1-5,10-15H2/p+1. The van der Waals surface area contributed by atoms with E-state index in [2.05, 4.69) is 0 Å². The minimum absolute atomic E-state index is 0.277. The third kappa shape index (κ3) is 3.88. The summed E-state index contributed by atoms with van der Waals surface area (Å²) in [6.45, 7) is 4.69. The molecule has 1 aliphatic heterocycles. The summed E-state index contributed by atoms with van der Waals surface area (Å²) in [5.74, 6) is -0.390. The number of ether oxygens (including phenoxy) is 1. The molecule has 2 aliphatic rings. The number of nitrogens with zero attached hydrogens (tertiary/aromatic N) is 2. The molecular formula is C23H27FN3O3S+. The minimum atomic E-state index is -0.390. The normalized spacial score (nSPS) is 17.6. The molecular weight excluding hydrogens is 417 g/mol. The molecule has 3 aromatic rings. The molecule has 31 heavy (non-hydrogen) atoms. The van der Waals surface area contributed by atoms with E-state index in [1.807, 2.05) is 0 Å². The Labute approximate surface area is 183 Å². The van der Waals surface area contributed by atoms with Crippen molar-refractivity contribution in [2.45, 2.75) is 38.6 Å². The minimum Gasteiger partial charge on any atom is -0.370 e. The Hall–Kier alpha value is -2.29. The molecule has 8 heteroatoms. The SMILES string of the molecule is O=c1c2c3c(sc2n(CC[NH+]2CCOCC2)c(=O)n1-c1ccc(F)cc1)CCCCC3. The first kappa shape index (κ1) is 20.6. The predicted molar refractivity (Wildman–Crippen MR) is 119 cm³/mol. The van der Waals surface area contributed by atoms with Crippen molar-refractivity contribution in [3.05, 3.63) is 61.4 Å². The van der Waals surface area contributed by atoms with Crippen LogP contribution in [0.2, 0.25) is 0 Å². The first-order valence-corrected chi connectivity index (χ1v) is 11.9. The molecule has 3 heterocycles. The Bertz CT molecular complexity index is 1210. The van der Waals surface area contributed by atoms with Crippen LogP contribution in [0, 0.1) is 5.82 Å². The van der Waals surface area contributed by atoms with Crippen molar-refractivity contribution >= 4 is 21.6 Å². The van der Waals surface area contributed by atoms with E-state index in [4.69, 9.17) is 4.74 Å². The molecule has 2 aromatic heterocycles. The third-order valence-corrected chi connectivity index (χ3v) is 7.78. The number of rotatable bonds is 4. The first-order valence-electron chi connectivity index (χ1n) is 11.1. The fraction of sp³-hybridized carbons (Fsp3) is 0.478. The van der Waals surface area contributed by atoms with Crippen molar-refractivity contribution in [1.82, 2.24) is 9.13 Å². The lowest BCUT2D eigenvalue weighted by Gasteiger charge is -2.24. The molecule has 5 rings (SSSR count). The topological polar surface area (TPSA) is 57.7 Å². The van der Waals surface area contributed by atoms with E-state index in [-0.39, 0.29) is 11.2 Å². The number of benzene rings is 1. The summed E-state index contributed by atoms with van der Waals surface area (Å²) in [5, 5.41) is 0.683. The number of halogens is 1. The van der Waals surface area contributed by atoms with Gasteiger partial charge in [0.2, 0.25) is 0 Å². The number of nitrogens with one attached hydrogen (secondary N) is 1. The summed E-state index contributed by atoms with van der Waals surface area (Å²) in [5.41, 5.74) is 0.916. The van der Waals surface area contributed by atoms with Gasteiger partial charge in [0.15, 0.2) is 0 Å². The molecule has 1 N–H and O–H groups in total. The van der Waals surface area contributed by atoms with Crippen molar-refractivity contribution < 1.29 is 14.0 Å². The summed E-state index contributed by atoms with van der Waals surface area (Å²) in [6.07, 6.45) is 5.18. The molecule has 0 amide bonds. The monoisotopic (exact) mass is 444 g/mol. The third-order valence-electron chi connectivity index (χ3n) is 6.46. The van der Waals surface area contributed by atoms with Crippen LogP contribution in [-0.2, 0) is 24.1 Å². The predicted octanol–water partition coefficient (Wildman–Crippen LogP) is 1.54. The van der Waals surface area contributed by atoms with Crippen molar-refractivity contribution in [2.24, 2.45) is 0 Å². The van der Waals surface area contributed by atoms with Gasteiger partial charge in [0, 0.05) is 4.88 Å². The molecule has 0 spiro atoms. The van der Waals surface area contributed by atoms with Crippen molar-refractivity contribution in [3.63, 3.8) is 0 Å². The van der Waals surface area contributed by atoms with Crippen LogP contribution in [0.15, 0.2) is 33.9 Å². The number of aromatic nitrogens is 2. The molecule has 0 atom stereocenters. The number of fused-ring (bicyclic) bond motifs is 3. The number of hydrogen-bond donors (Lipinski definition) is 1. The van der Waals surface area contributed by atoms with Crippen molar-refractivity contribution in [3.8, 4) is 5.69 Å². The molecule has 1 aliphatic carbocycles. The van der Waals surface area contributed by atoms with Crippen LogP contribution in [0.3, 0.4) is 0 Å². The lowest BCUT2D eigenvalue weighted by molar-refractivity contribution is -0.908. The van der Waals surface area contributed by atoms with Gasteiger partial charge >= 0.3 is 5.69 Å². The van der Waals surface area contributed by atoms with Gasteiger partial charge in [-0.2, -0.15) is 0 Å². The Morgan fingerprint density at radius 1 is 1.03 bits per heavy atom. The van der Waals surface area contributed by atoms with Crippen LogP contribution in [0.1, 0.15) is 29.7 Å². The second-order valence-electron chi connectivity index (χ2n) is 8.41. The average Bonchev–Trinajstić information content (AvgIpc) is 2.98. The Balaban J connectivity index is 1.68. The van der Waals surface area contributed by atoms with Gasteiger partial charge in [0.1, 0.15) is 23.7 Å². The van der Waals surface area contributed by atoms with E-state index >= 15 is 0 Å². The fourth-order valence-electron chi connectivity index (χ4n) is 4.74. The van der Waals surface area contributed by atoms with Crippen LogP contribution < -0.4 is 16.1 Å². The maximum absolute atomic E-state index is 13.6. The van der Waals surface area contributed by atoms with Gasteiger partial charge in [-0.25, -0.2) is 13.8 Å². The zero-order chi connectivity index (χ0) is 21.4. The molecule has 1 aromatic carbocycles. The second kappa shape index (κ2) is 8.68. The smallest absolute Gasteiger partial charge is 0.336 e. The molecule has 0 radical (unpaired) electrons. The van der Waals surface area contributed by atoms with Crippen LogP contribution in [-0.4, -0.2) is 42.0 Å². The number of hydrogen-bond acceptors (Lipinski definition) is 4. The fourth-order valence-corrected chi connectivity index (χ4v) is 6.14. The largest absolute Gasteiger partial charge is 0.370 e. The summed E-state index contributed by atoms with van der Waals surface area (Å²) in [6, 6.07) is 5.60. The summed E-state index contributed by atoms with van der Waals surface area (Å²) >= 11 is 1.62. The van der Waals surface area contributed by atoms with E-state index in [9.17, 15) is 14.0 Å². The van der Waals surface area contributed by atoms with Gasteiger partial charge in [0.05, 0.1) is 37.4 Å². The number of aryl methyl sites for hydroxylation is 2. The van der Waals surface area contributed by atoms with Gasteiger partial charge in [-0.05, 0) is 55.5 Å². The molecule has 164 valence electrons. The summed E-state index contributed by atoms with van der Waals surface area (Å²) < 4.78 is 22.0. The number of morpholine rings is 1. The van der Waals surface area contributed by atoms with Crippen molar-refractivity contribution in [1.29, 1.82) is 0 Å². The van der Waals surface area contributed by atoms with E-state index < -0.39 is 5.82 Å². The summed E-state index contributed by atoms with van der Waals surface area (Å²) in [4.78, 5) is 30.6. The van der Waals surface area contributed by atoms with Crippen molar-refractivity contribution in [2.75, 3.05) is 32.8 Å². The van der Waals surface area contributed by atoms with E-state index in [0.29, 0.717) is 17.6 Å². The van der Waals surface area contributed by atoms with Gasteiger partial charge in [-0.15, -0.1) is 11.3 Å². The Kier molecular flexibility index (Phi) is 5.77. The van der Waals surface area contributed by atoms with Crippen LogP contribution in [0.4, 0.5) is 4.39 Å². The number of thiophene rings is 1. The average molecular weight is 445 g/mol. The second-order valence-corrected chi connectivity index (χ2v) is 9.49. The van der Waals surface area contributed by atoms with Gasteiger partial charge in [-0.1, -0.05) is 6.42 Å². The lowest BCUT2D eigenvalue weighted by atomic mass is 10.1. The maximum atomic E-state index is 13.6. The Morgan fingerprint density at radius 2 is 1.77 bits per heavy atom. The highest BCUT2D eigenvalue weighted by atomic mass is 32.1. The van der Waals surface area contributed by atoms with Gasteiger partial charge in [0.25, 0.3) is 5.56 Å². The highest BCUT2D eigenvalue weighted by Gasteiger charge is 2.24. The molecule has 1 fully saturated rings. The number of quaternary nitrogens is 1. The van der Waals surface area contributed by atoms with Crippen LogP contribution >= 0.6 is 11.3 Å². The molecule has 0 unspecified atom stereocenters. The highest BCUT2D eigenvalue weighted by Crippen LogP contribution is 2.33. The zero-order valence-corrected chi connectivity index (χ0v) is 18.3. The molecule has 0 saturated carbocycles. The van der Waals surface area contributed by atoms with E-state index in [0.717, 1.165) is 75.3 Å². The molecule has 1 saturated heterocycles. The van der Waals surface area contributed by atoms with Gasteiger partial charge in [-0.3, -0.25) is 9.36 Å². The van der Waals surface area contributed by atoms with E-state index in [1.165, 1.54) is 38.6 Å². The van der Waals surface area contributed by atoms with Crippen LogP contribution in [0.5, 0.6) is 0 Å². The van der Waals surface area contributed by atoms with E-state index in [1.54, 1.807) is 15.9 Å². The maximum Gasteiger partial charge on any atom is 0.336 e. The summed E-state index contributed by atoms with van der Waals surface area (Å²) in [7, 11) is 0. The van der Waals surface area contributed by atoms with Crippen LogP contribution in [0.25, 0.3) is 15.9 Å². The highest BCUT2D eigenvalue weighted by molar-refractivity contribution is 7.18.